The lowest BCUT2D eigenvalue weighted by atomic mass is 9.92. The fourth-order valence-electron chi connectivity index (χ4n) is 2.11. The standard InChI is InChI=1S/C15H15N/c1-10-9-11(2)15(13(4)12(10)3)14-7-5-6-8-16-14/h3,5-9H,1-2,4H3. The number of hydrogen-bond donors (Lipinski definition) is 0. The molecule has 0 N–H and O–H groups in total. The minimum atomic E-state index is 0.867. The number of benzene rings is 1. The first-order valence-corrected chi connectivity index (χ1v) is 5.39. The summed E-state index contributed by atoms with van der Waals surface area (Å²) in [6.07, 6.45) is 1.81. The van der Waals surface area contributed by atoms with Gasteiger partial charge in [0.2, 0.25) is 0 Å². The second kappa shape index (κ2) is 4.09. The summed E-state index contributed by atoms with van der Waals surface area (Å²) in [7, 11) is 0. The van der Waals surface area contributed by atoms with Gasteiger partial charge in [0.15, 0.2) is 0 Å². The normalized spacial score (nSPS) is 10.5. The summed E-state index contributed by atoms with van der Waals surface area (Å²) in [5, 5.41) is 0. The lowest BCUT2D eigenvalue weighted by Gasteiger charge is -2.14. The van der Waals surface area contributed by atoms with Crippen molar-refractivity contribution < 1.29 is 0 Å². The molecule has 16 heavy (non-hydrogen) atoms. The van der Waals surface area contributed by atoms with Crippen molar-refractivity contribution in [2.45, 2.75) is 20.8 Å². The molecule has 0 spiro atoms. The van der Waals surface area contributed by atoms with Crippen molar-refractivity contribution in [3.05, 3.63) is 59.6 Å². The van der Waals surface area contributed by atoms with E-state index in [9.17, 15) is 0 Å². The van der Waals surface area contributed by atoms with E-state index < -0.39 is 0 Å². The van der Waals surface area contributed by atoms with E-state index in [2.05, 4.69) is 24.9 Å². The average Bonchev–Trinajstić information content (AvgIpc) is 2.28. The summed E-state index contributed by atoms with van der Waals surface area (Å²) >= 11 is 0. The summed E-state index contributed by atoms with van der Waals surface area (Å²) in [6.45, 7) is 12.3. The molecule has 2 rings (SSSR count). The molecule has 0 fully saturated rings. The zero-order valence-electron chi connectivity index (χ0n) is 9.91. The lowest BCUT2D eigenvalue weighted by molar-refractivity contribution is 1.24. The van der Waals surface area contributed by atoms with E-state index in [1.807, 2.05) is 31.3 Å². The highest BCUT2D eigenvalue weighted by Gasteiger charge is 2.10. The molecule has 1 aromatic heterocycles. The van der Waals surface area contributed by atoms with Crippen LogP contribution in [0.4, 0.5) is 0 Å². The number of hydrogen-bond acceptors (Lipinski definition) is 1. The molecule has 0 amide bonds. The van der Waals surface area contributed by atoms with Crippen molar-refractivity contribution in [3.63, 3.8) is 0 Å². The van der Waals surface area contributed by atoms with Crippen LogP contribution in [0.3, 0.4) is 0 Å². The van der Waals surface area contributed by atoms with E-state index >= 15 is 0 Å². The van der Waals surface area contributed by atoms with Gasteiger partial charge >= 0.3 is 0 Å². The van der Waals surface area contributed by atoms with Crippen molar-refractivity contribution in [2.24, 2.45) is 0 Å². The lowest BCUT2D eigenvalue weighted by Crippen LogP contribution is -1.96. The molecule has 0 atom stereocenters. The monoisotopic (exact) mass is 209 g/mol. The molecule has 0 saturated heterocycles. The second-order valence-electron chi connectivity index (χ2n) is 4.14. The fraction of sp³-hybridized carbons (Fsp3) is 0.200. The van der Waals surface area contributed by atoms with E-state index in [-0.39, 0.29) is 0 Å². The third-order valence-corrected chi connectivity index (χ3v) is 2.95. The van der Waals surface area contributed by atoms with Gasteiger partial charge in [-0.3, -0.25) is 4.98 Å². The second-order valence-corrected chi connectivity index (χ2v) is 4.14. The third-order valence-electron chi connectivity index (χ3n) is 2.95. The summed E-state index contributed by atoms with van der Waals surface area (Å²) in [5.74, 6) is 0. The Hall–Kier alpha value is -1.63. The maximum absolute atomic E-state index is 6.06. The van der Waals surface area contributed by atoms with Gasteiger partial charge in [0.1, 0.15) is 0 Å². The average molecular weight is 209 g/mol. The maximum Gasteiger partial charge on any atom is 0.0707 e. The number of rotatable bonds is 1. The van der Waals surface area contributed by atoms with E-state index in [1.165, 1.54) is 5.56 Å². The zero-order chi connectivity index (χ0) is 11.7. The minimum absolute atomic E-state index is 0.867. The molecule has 80 valence electrons. The van der Waals surface area contributed by atoms with Crippen LogP contribution in [0.15, 0.2) is 30.5 Å². The predicted octanol–water partition coefficient (Wildman–Crippen LogP) is 3.73. The Morgan fingerprint density at radius 3 is 2.44 bits per heavy atom. The topological polar surface area (TPSA) is 12.9 Å². The van der Waals surface area contributed by atoms with Crippen LogP contribution in [0.1, 0.15) is 22.3 Å². The summed E-state index contributed by atoms with van der Waals surface area (Å²) < 4.78 is 0. The minimum Gasteiger partial charge on any atom is -0.256 e. The van der Waals surface area contributed by atoms with E-state index in [0.29, 0.717) is 0 Å². The first kappa shape index (κ1) is 10.9. The van der Waals surface area contributed by atoms with Crippen molar-refractivity contribution in [1.29, 1.82) is 0 Å². The zero-order valence-corrected chi connectivity index (χ0v) is 9.91. The number of nitrogens with zero attached hydrogens (tertiary/aromatic N) is 1. The van der Waals surface area contributed by atoms with Crippen LogP contribution in [-0.4, -0.2) is 4.98 Å². The Labute approximate surface area is 97.2 Å². The summed E-state index contributed by atoms with van der Waals surface area (Å²) in [4.78, 5) is 4.39. The molecule has 1 heterocycles. The van der Waals surface area contributed by atoms with Crippen LogP contribution in [0.2, 0.25) is 0 Å². The first-order chi connectivity index (χ1) is 7.61. The Kier molecular flexibility index (Phi) is 2.78. The van der Waals surface area contributed by atoms with Crippen LogP contribution in [0, 0.1) is 27.7 Å². The molecule has 1 heteroatoms. The quantitative estimate of drug-likeness (QED) is 0.697. The molecule has 0 aliphatic carbocycles. The molecule has 0 bridgehead atoms. The molecule has 0 aliphatic rings. The van der Waals surface area contributed by atoms with Crippen molar-refractivity contribution in [3.8, 4) is 11.3 Å². The SMILES string of the molecule is [CH]c1c(C)cc(C)c(-c2ccccn2)c1C. The van der Waals surface area contributed by atoms with Gasteiger partial charge in [-0.2, -0.15) is 0 Å². The predicted molar refractivity (Wildman–Crippen MR) is 67.3 cm³/mol. The van der Waals surface area contributed by atoms with Crippen molar-refractivity contribution >= 4 is 0 Å². The molecular formula is C15H15N. The van der Waals surface area contributed by atoms with Gasteiger partial charge < -0.3 is 0 Å². The van der Waals surface area contributed by atoms with Gasteiger partial charge in [-0.25, -0.2) is 0 Å². The first-order valence-electron chi connectivity index (χ1n) is 5.39. The van der Waals surface area contributed by atoms with Crippen LogP contribution in [-0.2, 0) is 0 Å². The maximum atomic E-state index is 6.06. The van der Waals surface area contributed by atoms with Gasteiger partial charge in [-0.05, 0) is 62.1 Å². The van der Waals surface area contributed by atoms with Crippen LogP contribution < -0.4 is 0 Å². The Bertz CT molecular complexity index is 513. The van der Waals surface area contributed by atoms with Gasteiger partial charge in [0.05, 0.1) is 5.69 Å². The Balaban J connectivity index is 2.71. The van der Waals surface area contributed by atoms with Gasteiger partial charge in [0.25, 0.3) is 0 Å². The fourth-order valence-corrected chi connectivity index (χ4v) is 2.11. The van der Waals surface area contributed by atoms with Gasteiger partial charge in [-0.15, -0.1) is 0 Å². The summed E-state index contributed by atoms with van der Waals surface area (Å²) in [5.41, 5.74) is 6.49. The highest BCUT2D eigenvalue weighted by Crippen LogP contribution is 2.29. The molecule has 0 saturated carbocycles. The molecular weight excluding hydrogens is 194 g/mol. The molecule has 0 unspecified atom stereocenters. The highest BCUT2D eigenvalue weighted by atomic mass is 14.7. The molecule has 2 radical (unpaired) electrons. The van der Waals surface area contributed by atoms with Gasteiger partial charge in [-0.1, -0.05) is 12.1 Å². The molecule has 1 aromatic carbocycles. The number of aryl methyl sites for hydroxylation is 2. The highest BCUT2D eigenvalue weighted by molar-refractivity contribution is 5.70. The Morgan fingerprint density at radius 2 is 1.81 bits per heavy atom. The van der Waals surface area contributed by atoms with Crippen LogP contribution in [0.5, 0.6) is 0 Å². The van der Waals surface area contributed by atoms with E-state index in [0.717, 1.165) is 27.9 Å². The van der Waals surface area contributed by atoms with E-state index in [4.69, 9.17) is 6.92 Å². The summed E-state index contributed by atoms with van der Waals surface area (Å²) in [6, 6.07) is 8.05. The third kappa shape index (κ3) is 1.73. The van der Waals surface area contributed by atoms with E-state index in [1.54, 1.807) is 0 Å². The van der Waals surface area contributed by atoms with Crippen LogP contribution >= 0.6 is 0 Å². The van der Waals surface area contributed by atoms with Crippen molar-refractivity contribution in [2.75, 3.05) is 0 Å². The number of pyridine rings is 1. The smallest absolute Gasteiger partial charge is 0.0707 e. The van der Waals surface area contributed by atoms with Crippen molar-refractivity contribution in [1.82, 2.24) is 4.98 Å². The largest absolute Gasteiger partial charge is 0.256 e. The molecule has 0 aliphatic heterocycles. The molecule has 2 aromatic rings. The van der Waals surface area contributed by atoms with Gasteiger partial charge in [0, 0.05) is 11.8 Å². The number of aromatic nitrogens is 1. The molecule has 1 nitrogen and oxygen atoms in total. The van der Waals surface area contributed by atoms with Crippen LogP contribution in [0.25, 0.3) is 11.3 Å². The Morgan fingerprint density at radius 1 is 1.06 bits per heavy atom.